The lowest BCUT2D eigenvalue weighted by Crippen LogP contribution is -2.00. The quantitative estimate of drug-likeness (QED) is 0.176. The molecule has 10 aromatic rings. The Kier molecular flexibility index (Phi) is 7.43. The lowest BCUT2D eigenvalue weighted by Gasteiger charge is -2.10. The molecule has 0 N–H and O–H groups in total. The van der Waals surface area contributed by atoms with Gasteiger partial charge in [-0.15, -0.1) is 0 Å². The molecule has 248 valence electrons. The van der Waals surface area contributed by atoms with Gasteiger partial charge in [0.15, 0.2) is 17.5 Å². The zero-order valence-corrected chi connectivity index (χ0v) is 28.6. The first-order valence-electron chi connectivity index (χ1n) is 17.8. The van der Waals surface area contributed by atoms with Crippen LogP contribution in [0.5, 0.6) is 0 Å². The highest BCUT2D eigenvalue weighted by Crippen LogP contribution is 2.41. The summed E-state index contributed by atoms with van der Waals surface area (Å²) in [6.45, 7) is 0. The number of nitrogens with zero attached hydrogens (tertiary/aromatic N) is 3. The first-order chi connectivity index (χ1) is 26.2. The Morgan fingerprint density at radius 1 is 0.321 bits per heavy atom. The second-order valence-electron chi connectivity index (χ2n) is 13.2. The highest BCUT2D eigenvalue weighted by atomic mass is 16.3. The Morgan fingerprint density at radius 2 is 0.830 bits per heavy atom. The summed E-state index contributed by atoms with van der Waals surface area (Å²) in [6.07, 6.45) is 0. The van der Waals surface area contributed by atoms with E-state index in [9.17, 15) is 0 Å². The van der Waals surface area contributed by atoms with Crippen LogP contribution in [0.25, 0.3) is 100 Å². The molecule has 0 aliphatic rings. The zero-order valence-electron chi connectivity index (χ0n) is 28.6. The number of rotatable bonds is 6. The van der Waals surface area contributed by atoms with E-state index >= 15 is 0 Å². The van der Waals surface area contributed by atoms with Crippen molar-refractivity contribution in [3.8, 4) is 67.5 Å². The monoisotopic (exact) mass is 677 g/mol. The molecule has 0 saturated carbocycles. The van der Waals surface area contributed by atoms with Crippen molar-refractivity contribution in [1.82, 2.24) is 15.0 Å². The van der Waals surface area contributed by atoms with Crippen molar-refractivity contribution >= 4 is 32.7 Å². The smallest absolute Gasteiger partial charge is 0.164 e. The molecule has 0 aliphatic heterocycles. The molecule has 0 aliphatic carbocycles. The standard InChI is InChI=1S/C49H31N3O/c1-3-11-32(12-4-1)35-21-26-37(27-22-35)41-17-9-18-42-45-43(19-10-20-44(45)53-46(41)42)49-51-47(38-28-23-36(24-29-38)33-13-5-2-6-14-33)50-48(52-49)40-30-25-34-15-7-8-16-39(34)31-40/h1-31H. The Labute approximate surface area is 306 Å². The third-order valence-electron chi connectivity index (χ3n) is 9.96. The summed E-state index contributed by atoms with van der Waals surface area (Å²) >= 11 is 0. The second-order valence-corrected chi connectivity index (χ2v) is 13.2. The predicted octanol–water partition coefficient (Wildman–Crippen LogP) is 12.9. The van der Waals surface area contributed by atoms with Crippen LogP contribution in [0.3, 0.4) is 0 Å². The van der Waals surface area contributed by atoms with Crippen LogP contribution in [0.4, 0.5) is 0 Å². The minimum Gasteiger partial charge on any atom is -0.455 e. The largest absolute Gasteiger partial charge is 0.455 e. The van der Waals surface area contributed by atoms with Crippen molar-refractivity contribution in [3.63, 3.8) is 0 Å². The van der Waals surface area contributed by atoms with Crippen LogP contribution < -0.4 is 0 Å². The zero-order chi connectivity index (χ0) is 35.1. The van der Waals surface area contributed by atoms with Gasteiger partial charge in [0.1, 0.15) is 11.2 Å². The van der Waals surface area contributed by atoms with Crippen molar-refractivity contribution in [2.24, 2.45) is 0 Å². The molecule has 0 amide bonds. The summed E-state index contributed by atoms with van der Waals surface area (Å²) in [5.74, 6) is 1.82. The number of benzene rings is 8. The molecular weight excluding hydrogens is 647 g/mol. The number of para-hydroxylation sites is 1. The summed E-state index contributed by atoms with van der Waals surface area (Å²) in [6, 6.07) is 65.1. The summed E-state index contributed by atoms with van der Waals surface area (Å²) in [5, 5.41) is 4.29. The van der Waals surface area contributed by atoms with E-state index in [1.165, 1.54) is 16.5 Å². The van der Waals surface area contributed by atoms with E-state index in [1.54, 1.807) is 0 Å². The SMILES string of the molecule is c1ccc(-c2ccc(-c3nc(-c4ccc5ccccc5c4)nc(-c4cccc5oc6c(-c7ccc(-c8ccccc8)cc7)cccc6c45)n3)cc2)cc1. The molecule has 2 aromatic heterocycles. The van der Waals surface area contributed by atoms with Crippen LogP contribution in [0.1, 0.15) is 0 Å². The highest BCUT2D eigenvalue weighted by Gasteiger charge is 2.20. The molecule has 0 radical (unpaired) electrons. The van der Waals surface area contributed by atoms with Gasteiger partial charge in [0.2, 0.25) is 0 Å². The van der Waals surface area contributed by atoms with E-state index in [1.807, 2.05) is 24.3 Å². The van der Waals surface area contributed by atoms with Gasteiger partial charge in [-0.3, -0.25) is 0 Å². The third-order valence-corrected chi connectivity index (χ3v) is 9.96. The van der Waals surface area contributed by atoms with E-state index in [4.69, 9.17) is 19.4 Å². The average Bonchev–Trinajstić information content (AvgIpc) is 3.63. The van der Waals surface area contributed by atoms with E-state index in [2.05, 4.69) is 164 Å². The molecule has 0 saturated heterocycles. The Morgan fingerprint density at radius 3 is 1.53 bits per heavy atom. The number of hydrogen-bond acceptors (Lipinski definition) is 4. The average molecular weight is 678 g/mol. The molecule has 2 heterocycles. The van der Waals surface area contributed by atoms with Gasteiger partial charge in [0, 0.05) is 33.0 Å². The van der Waals surface area contributed by atoms with Gasteiger partial charge in [-0.1, -0.05) is 176 Å². The fourth-order valence-electron chi connectivity index (χ4n) is 7.26. The summed E-state index contributed by atoms with van der Waals surface area (Å²) in [7, 11) is 0. The van der Waals surface area contributed by atoms with Crippen molar-refractivity contribution in [2.45, 2.75) is 0 Å². The molecular formula is C49H31N3O. The van der Waals surface area contributed by atoms with Crippen LogP contribution in [-0.4, -0.2) is 15.0 Å². The van der Waals surface area contributed by atoms with Crippen LogP contribution >= 0.6 is 0 Å². The number of fused-ring (bicyclic) bond motifs is 4. The van der Waals surface area contributed by atoms with Crippen molar-refractivity contribution < 1.29 is 4.42 Å². The summed E-state index contributed by atoms with van der Waals surface area (Å²) in [5.41, 5.74) is 11.2. The molecule has 10 rings (SSSR count). The lowest BCUT2D eigenvalue weighted by atomic mass is 9.98. The second kappa shape index (κ2) is 12.9. The van der Waals surface area contributed by atoms with Crippen LogP contribution in [0, 0.1) is 0 Å². The molecule has 4 nitrogen and oxygen atoms in total. The van der Waals surface area contributed by atoms with Gasteiger partial charge in [0.05, 0.1) is 0 Å². The first-order valence-corrected chi connectivity index (χ1v) is 17.8. The molecule has 8 aromatic carbocycles. The predicted molar refractivity (Wildman–Crippen MR) is 217 cm³/mol. The number of furan rings is 1. The van der Waals surface area contributed by atoms with Crippen LogP contribution in [-0.2, 0) is 0 Å². The minimum absolute atomic E-state index is 0.594. The Bertz CT molecular complexity index is 2910. The van der Waals surface area contributed by atoms with Crippen molar-refractivity contribution in [3.05, 3.63) is 188 Å². The van der Waals surface area contributed by atoms with Crippen LogP contribution in [0.15, 0.2) is 192 Å². The molecule has 0 fully saturated rings. The summed E-state index contributed by atoms with van der Waals surface area (Å²) in [4.78, 5) is 15.4. The maximum atomic E-state index is 6.68. The molecule has 4 heteroatoms. The van der Waals surface area contributed by atoms with Crippen molar-refractivity contribution in [1.29, 1.82) is 0 Å². The normalized spacial score (nSPS) is 11.4. The maximum Gasteiger partial charge on any atom is 0.164 e. The van der Waals surface area contributed by atoms with Crippen molar-refractivity contribution in [2.75, 3.05) is 0 Å². The summed E-state index contributed by atoms with van der Waals surface area (Å²) < 4.78 is 6.68. The van der Waals surface area contributed by atoms with E-state index in [-0.39, 0.29) is 0 Å². The highest BCUT2D eigenvalue weighted by molar-refractivity contribution is 6.15. The van der Waals surface area contributed by atoms with Gasteiger partial charge in [-0.2, -0.15) is 0 Å². The first kappa shape index (κ1) is 30.6. The molecule has 0 atom stereocenters. The fourth-order valence-corrected chi connectivity index (χ4v) is 7.26. The minimum atomic E-state index is 0.594. The number of aromatic nitrogens is 3. The van der Waals surface area contributed by atoms with Gasteiger partial charge in [-0.25, -0.2) is 15.0 Å². The van der Waals surface area contributed by atoms with E-state index in [0.29, 0.717) is 17.5 Å². The number of hydrogen-bond donors (Lipinski definition) is 0. The lowest BCUT2D eigenvalue weighted by molar-refractivity contribution is 0.670. The van der Waals surface area contributed by atoms with Gasteiger partial charge in [0.25, 0.3) is 0 Å². The Hall–Kier alpha value is -7.17. The fraction of sp³-hybridized carbons (Fsp3) is 0. The van der Waals surface area contributed by atoms with Gasteiger partial charge < -0.3 is 4.42 Å². The maximum absolute atomic E-state index is 6.68. The molecule has 0 bridgehead atoms. The third kappa shape index (κ3) is 5.63. The van der Waals surface area contributed by atoms with Gasteiger partial charge in [-0.05, 0) is 50.7 Å². The van der Waals surface area contributed by atoms with Gasteiger partial charge >= 0.3 is 0 Å². The Balaban J connectivity index is 1.13. The topological polar surface area (TPSA) is 51.8 Å². The van der Waals surface area contributed by atoms with E-state index < -0.39 is 0 Å². The molecule has 53 heavy (non-hydrogen) atoms. The molecule has 0 unspecified atom stereocenters. The molecule has 0 spiro atoms. The van der Waals surface area contributed by atoms with E-state index in [0.717, 1.165) is 66.3 Å². The van der Waals surface area contributed by atoms with Crippen LogP contribution in [0.2, 0.25) is 0 Å².